The van der Waals surface area contributed by atoms with E-state index in [2.05, 4.69) is 43.8 Å². The number of benzene rings is 2. The lowest BCUT2D eigenvalue weighted by molar-refractivity contribution is -0.166. The molecule has 0 saturated heterocycles. The average Bonchev–Trinajstić information content (AvgIpc) is 2.89. The quantitative estimate of drug-likeness (QED) is 0.226. The zero-order chi connectivity index (χ0) is 26.2. The summed E-state index contributed by atoms with van der Waals surface area (Å²) >= 11 is 0. The molecular weight excluding hydrogens is 456 g/mol. The summed E-state index contributed by atoms with van der Waals surface area (Å²) in [5.41, 5.74) is 4.24. The van der Waals surface area contributed by atoms with E-state index in [0.717, 1.165) is 17.4 Å². The molecule has 0 heterocycles. The number of phenolic OH excluding ortho intramolecular Hbond substituents is 1. The molecule has 4 saturated carbocycles. The van der Waals surface area contributed by atoms with Gasteiger partial charge in [0.05, 0.1) is 0 Å². The first-order chi connectivity index (χ1) is 17.9. The Morgan fingerprint density at radius 2 is 1.41 bits per heavy atom. The van der Waals surface area contributed by atoms with Crippen LogP contribution in [0.2, 0.25) is 0 Å². The number of rotatable bonds is 8. The van der Waals surface area contributed by atoms with Crippen molar-refractivity contribution in [1.29, 1.82) is 0 Å². The van der Waals surface area contributed by atoms with Crippen molar-refractivity contribution in [3.63, 3.8) is 0 Å². The molecule has 1 N–H and O–H groups in total. The van der Waals surface area contributed by atoms with E-state index in [-0.39, 0.29) is 12.1 Å². The molecule has 37 heavy (non-hydrogen) atoms. The standard InChI is InChI=1S/C20H22O.C14H20O2/c1-2-3-6-17-9-11-18(12-10-17)7-4-5-8-19-13-15-20(21)16-14-19;1-8(2)14(15)16-13-11-4-9-3-10(6-11)7-12(13)5-9/h4-5,7-16,21H,2-3,6H2,1H3;9-13H,1,3-7H2,2H3. The van der Waals surface area contributed by atoms with Crippen molar-refractivity contribution >= 4 is 18.1 Å². The molecular formula is C34H42O3. The zero-order valence-electron chi connectivity index (χ0n) is 22.4. The van der Waals surface area contributed by atoms with E-state index < -0.39 is 0 Å². The molecule has 4 aliphatic rings. The van der Waals surface area contributed by atoms with Crippen molar-refractivity contribution in [3.8, 4) is 5.75 Å². The molecule has 0 aliphatic heterocycles. The van der Waals surface area contributed by atoms with Gasteiger partial charge in [0, 0.05) is 5.57 Å². The Hall–Kier alpha value is -3.07. The number of unbranched alkanes of at least 4 members (excludes halogenated alkanes) is 1. The number of aromatic hydroxyl groups is 1. The van der Waals surface area contributed by atoms with Crippen LogP contribution in [-0.4, -0.2) is 17.2 Å². The van der Waals surface area contributed by atoms with Gasteiger partial charge < -0.3 is 9.84 Å². The fourth-order valence-corrected chi connectivity index (χ4v) is 6.39. The van der Waals surface area contributed by atoms with Crippen LogP contribution in [0.15, 0.2) is 72.8 Å². The number of hydrogen-bond acceptors (Lipinski definition) is 3. The van der Waals surface area contributed by atoms with Crippen LogP contribution in [-0.2, 0) is 16.0 Å². The molecule has 0 aromatic heterocycles. The van der Waals surface area contributed by atoms with Crippen LogP contribution >= 0.6 is 0 Å². The predicted octanol–water partition coefficient (Wildman–Crippen LogP) is 8.39. The fourth-order valence-electron chi connectivity index (χ4n) is 6.39. The second-order valence-electron chi connectivity index (χ2n) is 11.2. The maximum Gasteiger partial charge on any atom is 0.333 e. The average molecular weight is 499 g/mol. The van der Waals surface area contributed by atoms with Crippen molar-refractivity contribution in [2.45, 2.75) is 71.3 Å². The monoisotopic (exact) mass is 498 g/mol. The number of carbonyl (C=O) groups is 1. The highest BCUT2D eigenvalue weighted by Crippen LogP contribution is 2.54. The molecule has 3 nitrogen and oxygen atoms in total. The van der Waals surface area contributed by atoms with E-state index in [0.29, 0.717) is 23.2 Å². The third kappa shape index (κ3) is 7.71. The lowest BCUT2D eigenvalue weighted by Gasteiger charge is -2.53. The number of hydrogen-bond donors (Lipinski definition) is 1. The lowest BCUT2D eigenvalue weighted by Crippen LogP contribution is -2.50. The number of ether oxygens (including phenoxy) is 1. The van der Waals surface area contributed by atoms with E-state index >= 15 is 0 Å². The Balaban J connectivity index is 0.000000179. The van der Waals surface area contributed by atoms with Crippen LogP contribution in [0.4, 0.5) is 0 Å². The maximum atomic E-state index is 11.6. The summed E-state index contributed by atoms with van der Waals surface area (Å²) in [4.78, 5) is 11.6. The predicted molar refractivity (Wildman–Crippen MR) is 153 cm³/mol. The fraction of sp³-hybridized carbons (Fsp3) is 0.441. The van der Waals surface area contributed by atoms with Crippen molar-refractivity contribution < 1.29 is 14.6 Å². The number of carbonyl (C=O) groups excluding carboxylic acids is 1. The molecule has 2 aromatic rings. The molecule has 196 valence electrons. The smallest absolute Gasteiger partial charge is 0.333 e. The van der Waals surface area contributed by atoms with Crippen LogP contribution in [0.5, 0.6) is 5.75 Å². The van der Waals surface area contributed by atoms with Crippen LogP contribution in [0.1, 0.15) is 75.5 Å². The van der Waals surface area contributed by atoms with Crippen LogP contribution in [0, 0.1) is 23.7 Å². The highest BCUT2D eigenvalue weighted by Gasteiger charge is 2.49. The topological polar surface area (TPSA) is 46.5 Å². The molecule has 4 fully saturated rings. The minimum Gasteiger partial charge on any atom is -0.508 e. The first-order valence-corrected chi connectivity index (χ1v) is 14.0. The molecule has 3 heteroatoms. The van der Waals surface area contributed by atoms with Gasteiger partial charge in [0.15, 0.2) is 0 Å². The molecule has 0 atom stereocenters. The molecule has 6 rings (SSSR count). The van der Waals surface area contributed by atoms with E-state index in [1.807, 2.05) is 30.4 Å². The van der Waals surface area contributed by atoms with Crippen LogP contribution in [0.3, 0.4) is 0 Å². The minimum atomic E-state index is -0.183. The highest BCUT2D eigenvalue weighted by molar-refractivity contribution is 5.87. The van der Waals surface area contributed by atoms with Crippen molar-refractivity contribution in [2.24, 2.45) is 23.7 Å². The molecule has 2 aromatic carbocycles. The third-order valence-electron chi connectivity index (χ3n) is 8.11. The van der Waals surface area contributed by atoms with Gasteiger partial charge in [-0.25, -0.2) is 4.79 Å². The van der Waals surface area contributed by atoms with Gasteiger partial charge in [0.1, 0.15) is 11.9 Å². The van der Waals surface area contributed by atoms with Crippen LogP contribution in [0.25, 0.3) is 12.2 Å². The third-order valence-corrected chi connectivity index (χ3v) is 8.11. The van der Waals surface area contributed by atoms with Crippen molar-refractivity contribution in [1.82, 2.24) is 0 Å². The van der Waals surface area contributed by atoms with Gasteiger partial charge >= 0.3 is 5.97 Å². The molecule has 0 spiro atoms. The van der Waals surface area contributed by atoms with Gasteiger partial charge in [-0.2, -0.15) is 0 Å². The second kappa shape index (κ2) is 12.9. The normalized spacial score (nSPS) is 25.7. The molecule has 4 bridgehead atoms. The Labute approximate surface area is 223 Å². The first kappa shape index (κ1) is 27.0. The van der Waals surface area contributed by atoms with E-state index in [1.54, 1.807) is 19.1 Å². The minimum absolute atomic E-state index is 0.183. The summed E-state index contributed by atoms with van der Waals surface area (Å²) in [6.45, 7) is 7.62. The van der Waals surface area contributed by atoms with Gasteiger partial charge in [-0.15, -0.1) is 0 Å². The van der Waals surface area contributed by atoms with Crippen molar-refractivity contribution in [3.05, 3.63) is 89.5 Å². The summed E-state index contributed by atoms with van der Waals surface area (Å²) in [7, 11) is 0. The number of esters is 1. The van der Waals surface area contributed by atoms with E-state index in [4.69, 9.17) is 4.74 Å². The summed E-state index contributed by atoms with van der Waals surface area (Å²) in [5, 5.41) is 9.22. The van der Waals surface area contributed by atoms with Gasteiger partial charge in [-0.1, -0.05) is 80.6 Å². The van der Waals surface area contributed by atoms with Crippen LogP contribution < -0.4 is 0 Å². The summed E-state index contributed by atoms with van der Waals surface area (Å²) in [5.74, 6) is 3.28. The lowest BCUT2D eigenvalue weighted by atomic mass is 9.55. The van der Waals surface area contributed by atoms with E-state index in [9.17, 15) is 9.90 Å². The number of phenols is 1. The van der Waals surface area contributed by atoms with Gasteiger partial charge in [0.2, 0.25) is 0 Å². The van der Waals surface area contributed by atoms with E-state index in [1.165, 1.54) is 62.5 Å². The molecule has 0 radical (unpaired) electrons. The molecule has 4 aliphatic carbocycles. The Bertz CT molecular complexity index is 1060. The largest absolute Gasteiger partial charge is 0.508 e. The van der Waals surface area contributed by atoms with Gasteiger partial charge in [-0.05, 0) is 104 Å². The Kier molecular flexibility index (Phi) is 9.44. The zero-order valence-corrected chi connectivity index (χ0v) is 22.4. The Morgan fingerprint density at radius 1 is 0.892 bits per heavy atom. The summed E-state index contributed by atoms with van der Waals surface area (Å²) in [6.07, 6.45) is 18.6. The summed E-state index contributed by atoms with van der Waals surface area (Å²) < 4.78 is 5.65. The molecule has 0 unspecified atom stereocenters. The SMILES string of the molecule is C=C(C)C(=O)OC1C2CC3CC(C2)CC1C3.CCCCc1ccc(C=CC=Cc2ccc(O)cc2)cc1. The Morgan fingerprint density at radius 3 is 1.89 bits per heavy atom. The first-order valence-electron chi connectivity index (χ1n) is 14.0. The van der Waals surface area contributed by atoms with Crippen molar-refractivity contribution in [2.75, 3.05) is 0 Å². The second-order valence-corrected chi connectivity index (χ2v) is 11.2. The maximum absolute atomic E-state index is 11.6. The highest BCUT2D eigenvalue weighted by atomic mass is 16.5. The summed E-state index contributed by atoms with van der Waals surface area (Å²) in [6, 6.07) is 15.9. The number of aryl methyl sites for hydroxylation is 1. The number of allylic oxidation sites excluding steroid dienone is 2. The van der Waals surface area contributed by atoms with Gasteiger partial charge in [0.25, 0.3) is 0 Å². The van der Waals surface area contributed by atoms with Gasteiger partial charge in [-0.3, -0.25) is 0 Å². The molecule has 0 amide bonds.